The van der Waals surface area contributed by atoms with E-state index in [9.17, 15) is 5.11 Å². The Hall–Kier alpha value is -0.120. The molecule has 19 heavy (non-hydrogen) atoms. The van der Waals surface area contributed by atoms with E-state index in [-0.39, 0.29) is 11.1 Å². The van der Waals surface area contributed by atoms with Crippen LogP contribution in [0.4, 0.5) is 0 Å². The van der Waals surface area contributed by atoms with E-state index in [1.807, 2.05) is 6.92 Å². The van der Waals surface area contributed by atoms with Gasteiger partial charge in [-0.3, -0.25) is 0 Å². The summed E-state index contributed by atoms with van der Waals surface area (Å²) in [6.07, 6.45) is 6.56. The predicted molar refractivity (Wildman–Crippen MR) is 78.3 cm³/mol. The van der Waals surface area contributed by atoms with Crippen molar-refractivity contribution in [3.8, 4) is 0 Å². The van der Waals surface area contributed by atoms with Crippen molar-refractivity contribution in [2.24, 2.45) is 5.92 Å². The maximum absolute atomic E-state index is 10.8. The van der Waals surface area contributed by atoms with E-state index < -0.39 is 5.60 Å². The molecule has 1 saturated heterocycles. The molecule has 2 rings (SSSR count). The predicted octanol–water partition coefficient (Wildman–Crippen LogP) is 2.86. The van der Waals surface area contributed by atoms with Crippen molar-refractivity contribution in [3.05, 3.63) is 0 Å². The van der Waals surface area contributed by atoms with Gasteiger partial charge in [0.1, 0.15) is 0 Å². The first kappa shape index (κ1) is 15.3. The van der Waals surface area contributed by atoms with E-state index in [2.05, 4.69) is 26.1 Å². The highest BCUT2D eigenvalue weighted by molar-refractivity contribution is 4.98. The Kier molecular flexibility index (Phi) is 4.29. The number of rotatable bonds is 4. The molecule has 2 atom stereocenters. The smallest absolute Gasteiger partial charge is 0.0686 e. The van der Waals surface area contributed by atoms with Crippen LogP contribution in [0.15, 0.2) is 0 Å². The third-order valence-corrected chi connectivity index (χ3v) is 4.92. The van der Waals surface area contributed by atoms with Crippen LogP contribution < -0.4 is 5.32 Å². The molecular weight excluding hydrogens is 238 g/mol. The Balaban J connectivity index is 1.84. The fourth-order valence-corrected chi connectivity index (χ4v) is 3.37. The van der Waals surface area contributed by atoms with Crippen molar-refractivity contribution in [2.75, 3.05) is 13.2 Å². The molecule has 2 N–H and O–H groups in total. The SMILES string of the molecule is CC(C)(C)NCCC(C)(O)C1CCOC2(CCC2)C1. The summed E-state index contributed by atoms with van der Waals surface area (Å²) >= 11 is 0. The van der Waals surface area contributed by atoms with Gasteiger partial charge in [-0.05, 0) is 78.7 Å². The summed E-state index contributed by atoms with van der Waals surface area (Å²) in [4.78, 5) is 0. The Labute approximate surface area is 118 Å². The van der Waals surface area contributed by atoms with E-state index in [0.717, 1.165) is 32.4 Å². The minimum atomic E-state index is -0.565. The van der Waals surface area contributed by atoms with E-state index >= 15 is 0 Å². The number of hydrogen-bond acceptors (Lipinski definition) is 3. The minimum absolute atomic E-state index is 0.126. The topological polar surface area (TPSA) is 41.5 Å². The van der Waals surface area contributed by atoms with Crippen LogP contribution in [0.5, 0.6) is 0 Å². The van der Waals surface area contributed by atoms with Gasteiger partial charge >= 0.3 is 0 Å². The van der Waals surface area contributed by atoms with Gasteiger partial charge in [-0.2, -0.15) is 0 Å². The molecule has 0 radical (unpaired) electrons. The number of aliphatic hydroxyl groups is 1. The molecule has 0 aromatic carbocycles. The summed E-state index contributed by atoms with van der Waals surface area (Å²) < 4.78 is 5.96. The molecule has 1 heterocycles. The molecule has 3 heteroatoms. The summed E-state index contributed by atoms with van der Waals surface area (Å²) in [6.45, 7) is 10.2. The van der Waals surface area contributed by atoms with Gasteiger partial charge in [0.2, 0.25) is 0 Å². The van der Waals surface area contributed by atoms with Crippen LogP contribution in [0.25, 0.3) is 0 Å². The second-order valence-corrected chi connectivity index (χ2v) is 7.86. The highest BCUT2D eigenvalue weighted by atomic mass is 16.5. The first-order valence-electron chi connectivity index (χ1n) is 7.84. The second-order valence-electron chi connectivity index (χ2n) is 7.86. The van der Waals surface area contributed by atoms with E-state index in [1.165, 1.54) is 19.3 Å². The number of hydrogen-bond donors (Lipinski definition) is 2. The van der Waals surface area contributed by atoms with Crippen molar-refractivity contribution in [1.82, 2.24) is 5.32 Å². The van der Waals surface area contributed by atoms with Gasteiger partial charge in [0.05, 0.1) is 11.2 Å². The van der Waals surface area contributed by atoms with Crippen molar-refractivity contribution < 1.29 is 9.84 Å². The van der Waals surface area contributed by atoms with E-state index in [1.54, 1.807) is 0 Å². The van der Waals surface area contributed by atoms with E-state index in [0.29, 0.717) is 5.92 Å². The molecule has 0 aromatic rings. The largest absolute Gasteiger partial charge is 0.390 e. The van der Waals surface area contributed by atoms with Gasteiger partial charge in [-0.25, -0.2) is 0 Å². The average molecular weight is 269 g/mol. The summed E-state index contributed by atoms with van der Waals surface area (Å²) in [6, 6.07) is 0. The van der Waals surface area contributed by atoms with Gasteiger partial charge in [-0.15, -0.1) is 0 Å². The molecule has 2 aliphatic rings. The quantitative estimate of drug-likeness (QED) is 0.824. The van der Waals surface area contributed by atoms with Crippen molar-refractivity contribution >= 4 is 0 Å². The maximum atomic E-state index is 10.8. The molecule has 0 bridgehead atoms. The van der Waals surface area contributed by atoms with Crippen molar-refractivity contribution in [1.29, 1.82) is 0 Å². The molecule has 1 spiro atoms. The zero-order valence-corrected chi connectivity index (χ0v) is 13.1. The lowest BCUT2D eigenvalue weighted by Crippen LogP contribution is -2.51. The Morgan fingerprint density at radius 2 is 1.95 bits per heavy atom. The highest BCUT2D eigenvalue weighted by Gasteiger charge is 2.46. The Morgan fingerprint density at radius 1 is 1.26 bits per heavy atom. The van der Waals surface area contributed by atoms with Crippen LogP contribution in [0.1, 0.15) is 66.2 Å². The fourth-order valence-electron chi connectivity index (χ4n) is 3.37. The molecule has 3 nitrogen and oxygen atoms in total. The van der Waals surface area contributed by atoms with Gasteiger partial charge in [0.25, 0.3) is 0 Å². The Morgan fingerprint density at radius 3 is 2.47 bits per heavy atom. The number of nitrogens with one attached hydrogen (secondary N) is 1. The summed E-state index contributed by atoms with van der Waals surface area (Å²) in [5.74, 6) is 0.392. The third kappa shape index (κ3) is 3.93. The molecule has 0 aromatic heterocycles. The molecule has 1 aliphatic heterocycles. The van der Waals surface area contributed by atoms with Crippen LogP contribution in [0.2, 0.25) is 0 Å². The molecule has 1 saturated carbocycles. The summed E-state index contributed by atoms with van der Waals surface area (Å²) in [5.41, 5.74) is -0.310. The zero-order valence-electron chi connectivity index (χ0n) is 13.1. The van der Waals surface area contributed by atoms with Gasteiger partial charge in [0, 0.05) is 12.1 Å². The standard InChI is InChI=1S/C16H31NO2/c1-14(2,3)17-10-9-15(4,18)13-6-11-19-16(12-13)7-5-8-16/h13,17-18H,5-12H2,1-4H3. The van der Waals surface area contributed by atoms with Crippen LogP contribution in [0.3, 0.4) is 0 Å². The first-order chi connectivity index (χ1) is 8.73. The molecule has 0 amide bonds. The Bertz CT molecular complexity index is 302. The van der Waals surface area contributed by atoms with Gasteiger partial charge in [0.15, 0.2) is 0 Å². The lowest BCUT2D eigenvalue weighted by atomic mass is 9.67. The summed E-state index contributed by atoms with van der Waals surface area (Å²) in [5, 5.41) is 14.3. The third-order valence-electron chi connectivity index (χ3n) is 4.92. The minimum Gasteiger partial charge on any atom is -0.390 e. The number of ether oxygens (including phenoxy) is 1. The normalized spacial score (nSPS) is 29.8. The van der Waals surface area contributed by atoms with Crippen molar-refractivity contribution in [2.45, 2.75) is 83.0 Å². The molecule has 1 aliphatic carbocycles. The molecule has 2 fully saturated rings. The second kappa shape index (κ2) is 5.34. The summed E-state index contributed by atoms with van der Waals surface area (Å²) in [7, 11) is 0. The van der Waals surface area contributed by atoms with E-state index in [4.69, 9.17) is 4.74 Å². The van der Waals surface area contributed by atoms with Crippen LogP contribution >= 0.6 is 0 Å². The lowest BCUT2D eigenvalue weighted by Gasteiger charge is -2.50. The zero-order chi connectivity index (χ0) is 14.1. The van der Waals surface area contributed by atoms with Crippen molar-refractivity contribution in [3.63, 3.8) is 0 Å². The molecular formula is C16H31NO2. The molecule has 112 valence electrons. The van der Waals surface area contributed by atoms with Crippen LogP contribution in [0, 0.1) is 5.92 Å². The van der Waals surface area contributed by atoms with Crippen LogP contribution in [-0.4, -0.2) is 35.0 Å². The molecule has 2 unspecified atom stereocenters. The van der Waals surface area contributed by atoms with Crippen LogP contribution in [-0.2, 0) is 4.74 Å². The maximum Gasteiger partial charge on any atom is 0.0686 e. The monoisotopic (exact) mass is 269 g/mol. The average Bonchev–Trinajstić information content (AvgIpc) is 2.25. The fraction of sp³-hybridized carbons (Fsp3) is 1.00. The lowest BCUT2D eigenvalue weighted by molar-refractivity contribution is -0.173. The van der Waals surface area contributed by atoms with Gasteiger partial charge < -0.3 is 15.2 Å². The first-order valence-corrected chi connectivity index (χ1v) is 7.84. The highest BCUT2D eigenvalue weighted by Crippen LogP contribution is 2.47. The van der Waals surface area contributed by atoms with Gasteiger partial charge in [-0.1, -0.05) is 0 Å².